The molecule has 1 heterocycles. The topological polar surface area (TPSA) is 64.8 Å². The molecule has 0 radical (unpaired) electrons. The Morgan fingerprint density at radius 2 is 2.25 bits per heavy atom. The molecular formula is C15H22N2O3. The Bertz CT molecular complexity index is 500. The summed E-state index contributed by atoms with van der Waals surface area (Å²) >= 11 is 0. The van der Waals surface area contributed by atoms with Crippen LogP contribution in [0.1, 0.15) is 31.1 Å². The van der Waals surface area contributed by atoms with Crippen molar-refractivity contribution in [2.24, 2.45) is 0 Å². The van der Waals surface area contributed by atoms with E-state index in [2.05, 4.69) is 0 Å². The molecule has 0 aliphatic carbocycles. The van der Waals surface area contributed by atoms with E-state index in [0.29, 0.717) is 43.3 Å². The van der Waals surface area contributed by atoms with Crippen LogP contribution < -0.4 is 10.5 Å². The van der Waals surface area contributed by atoms with Gasteiger partial charge in [0.1, 0.15) is 0 Å². The fraction of sp³-hybridized carbons (Fsp3) is 0.533. The Kier molecular flexibility index (Phi) is 4.18. The number of rotatable bonds is 3. The molecule has 1 fully saturated rings. The highest BCUT2D eigenvalue weighted by molar-refractivity contribution is 5.98. The van der Waals surface area contributed by atoms with Crippen molar-refractivity contribution in [3.05, 3.63) is 23.8 Å². The minimum atomic E-state index is -0.319. The van der Waals surface area contributed by atoms with Crippen LogP contribution in [0.25, 0.3) is 0 Å². The number of hydrogen-bond acceptors (Lipinski definition) is 4. The van der Waals surface area contributed by atoms with E-state index in [1.807, 2.05) is 20.8 Å². The molecule has 1 saturated heterocycles. The highest BCUT2D eigenvalue weighted by Gasteiger charge is 2.31. The van der Waals surface area contributed by atoms with Gasteiger partial charge in [-0.3, -0.25) is 4.79 Å². The molecule has 2 rings (SSSR count). The quantitative estimate of drug-likeness (QED) is 0.858. The highest BCUT2D eigenvalue weighted by Crippen LogP contribution is 2.29. The number of amides is 1. The lowest BCUT2D eigenvalue weighted by molar-refractivity contribution is -0.0764. The third-order valence-electron chi connectivity index (χ3n) is 3.28. The molecule has 5 nitrogen and oxygen atoms in total. The molecule has 0 saturated carbocycles. The Balaban J connectivity index is 2.27. The summed E-state index contributed by atoms with van der Waals surface area (Å²) in [5.41, 5.74) is 6.60. The number of nitrogens with zero attached hydrogens (tertiary/aromatic N) is 1. The van der Waals surface area contributed by atoms with Crippen molar-refractivity contribution in [3.63, 3.8) is 0 Å². The second-order valence-electron chi connectivity index (χ2n) is 5.49. The Labute approximate surface area is 119 Å². The number of benzene rings is 1. The van der Waals surface area contributed by atoms with Crippen molar-refractivity contribution in [2.45, 2.75) is 26.4 Å². The van der Waals surface area contributed by atoms with Crippen molar-refractivity contribution < 1.29 is 14.3 Å². The van der Waals surface area contributed by atoms with Crippen molar-refractivity contribution in [2.75, 3.05) is 32.0 Å². The fourth-order valence-electron chi connectivity index (χ4n) is 2.39. The molecule has 0 bridgehead atoms. The number of para-hydroxylation sites is 1. The molecule has 2 N–H and O–H groups in total. The molecule has 0 atom stereocenters. The van der Waals surface area contributed by atoms with E-state index in [9.17, 15) is 4.79 Å². The largest absolute Gasteiger partial charge is 0.491 e. The zero-order valence-corrected chi connectivity index (χ0v) is 12.3. The maximum atomic E-state index is 12.7. The summed E-state index contributed by atoms with van der Waals surface area (Å²) in [6.45, 7) is 8.01. The van der Waals surface area contributed by atoms with Crippen LogP contribution in [0.5, 0.6) is 5.75 Å². The predicted molar refractivity (Wildman–Crippen MR) is 78.0 cm³/mol. The fourth-order valence-corrected chi connectivity index (χ4v) is 2.39. The number of nitrogen functional groups attached to an aromatic ring is 1. The summed E-state index contributed by atoms with van der Waals surface area (Å²) < 4.78 is 11.2. The second kappa shape index (κ2) is 5.71. The lowest BCUT2D eigenvalue weighted by atomic mass is 10.1. The normalized spacial score (nSPS) is 17.9. The van der Waals surface area contributed by atoms with E-state index in [1.54, 1.807) is 23.1 Å². The van der Waals surface area contributed by atoms with Gasteiger partial charge in [-0.2, -0.15) is 0 Å². The van der Waals surface area contributed by atoms with E-state index >= 15 is 0 Å². The first-order chi connectivity index (χ1) is 9.44. The van der Waals surface area contributed by atoms with Crippen LogP contribution in [-0.2, 0) is 4.74 Å². The first-order valence-electron chi connectivity index (χ1n) is 6.89. The third kappa shape index (κ3) is 3.04. The van der Waals surface area contributed by atoms with Gasteiger partial charge in [-0.1, -0.05) is 6.07 Å². The first kappa shape index (κ1) is 14.7. The molecule has 1 aromatic rings. The number of anilines is 1. The number of morpholine rings is 1. The average Bonchev–Trinajstić information content (AvgIpc) is 2.39. The van der Waals surface area contributed by atoms with Crippen molar-refractivity contribution in [1.82, 2.24) is 4.90 Å². The van der Waals surface area contributed by atoms with Gasteiger partial charge in [-0.05, 0) is 32.9 Å². The van der Waals surface area contributed by atoms with Gasteiger partial charge in [0.15, 0.2) is 5.75 Å². The van der Waals surface area contributed by atoms with E-state index in [0.717, 1.165) is 0 Å². The minimum absolute atomic E-state index is 0.0582. The zero-order valence-electron chi connectivity index (χ0n) is 12.3. The van der Waals surface area contributed by atoms with Crippen LogP contribution in [-0.4, -0.2) is 42.7 Å². The van der Waals surface area contributed by atoms with Gasteiger partial charge in [0.2, 0.25) is 0 Å². The van der Waals surface area contributed by atoms with Crippen LogP contribution in [0.4, 0.5) is 5.69 Å². The van der Waals surface area contributed by atoms with Gasteiger partial charge >= 0.3 is 0 Å². The number of carbonyl (C=O) groups excluding carboxylic acids is 1. The molecule has 20 heavy (non-hydrogen) atoms. The van der Waals surface area contributed by atoms with Gasteiger partial charge < -0.3 is 20.1 Å². The van der Waals surface area contributed by atoms with Gasteiger partial charge in [-0.15, -0.1) is 0 Å². The molecule has 1 aliphatic rings. The number of nitrogens with two attached hydrogens (primary N) is 1. The summed E-state index contributed by atoms with van der Waals surface area (Å²) in [7, 11) is 0. The SMILES string of the molecule is CCOc1c(N)cccc1C(=O)N1CCOC(C)(C)C1. The van der Waals surface area contributed by atoms with Gasteiger partial charge in [0, 0.05) is 13.1 Å². The Morgan fingerprint density at radius 3 is 2.90 bits per heavy atom. The third-order valence-corrected chi connectivity index (χ3v) is 3.28. The van der Waals surface area contributed by atoms with Gasteiger partial charge in [-0.25, -0.2) is 0 Å². The minimum Gasteiger partial charge on any atom is -0.491 e. The number of ether oxygens (including phenoxy) is 2. The first-order valence-corrected chi connectivity index (χ1v) is 6.89. The lowest BCUT2D eigenvalue weighted by Gasteiger charge is -2.38. The van der Waals surface area contributed by atoms with E-state index in [4.69, 9.17) is 15.2 Å². The number of hydrogen-bond donors (Lipinski definition) is 1. The summed E-state index contributed by atoms with van der Waals surface area (Å²) in [4.78, 5) is 14.5. The predicted octanol–water partition coefficient (Wildman–Crippen LogP) is 1.92. The van der Waals surface area contributed by atoms with Crippen LogP contribution >= 0.6 is 0 Å². The van der Waals surface area contributed by atoms with Crippen molar-refractivity contribution >= 4 is 11.6 Å². The summed E-state index contributed by atoms with van der Waals surface area (Å²) in [6, 6.07) is 5.27. The van der Waals surface area contributed by atoms with Crippen molar-refractivity contribution in [3.8, 4) is 5.75 Å². The maximum absolute atomic E-state index is 12.7. The molecule has 1 aromatic carbocycles. The van der Waals surface area contributed by atoms with Crippen LogP contribution in [0.15, 0.2) is 18.2 Å². The van der Waals surface area contributed by atoms with Crippen LogP contribution in [0.3, 0.4) is 0 Å². The van der Waals surface area contributed by atoms with Gasteiger partial charge in [0.05, 0.1) is 30.1 Å². The zero-order chi connectivity index (χ0) is 14.8. The van der Waals surface area contributed by atoms with E-state index in [-0.39, 0.29) is 11.5 Å². The molecule has 5 heteroatoms. The molecular weight excluding hydrogens is 256 g/mol. The van der Waals surface area contributed by atoms with E-state index < -0.39 is 0 Å². The van der Waals surface area contributed by atoms with Crippen LogP contribution in [0.2, 0.25) is 0 Å². The Morgan fingerprint density at radius 1 is 1.50 bits per heavy atom. The molecule has 0 aromatic heterocycles. The molecule has 110 valence electrons. The monoisotopic (exact) mass is 278 g/mol. The summed E-state index contributed by atoms with van der Waals surface area (Å²) in [5.74, 6) is 0.418. The average molecular weight is 278 g/mol. The molecule has 1 aliphatic heterocycles. The molecule has 0 spiro atoms. The number of carbonyl (C=O) groups is 1. The lowest BCUT2D eigenvalue weighted by Crippen LogP contribution is -2.50. The van der Waals surface area contributed by atoms with Crippen molar-refractivity contribution in [1.29, 1.82) is 0 Å². The summed E-state index contributed by atoms with van der Waals surface area (Å²) in [5, 5.41) is 0. The smallest absolute Gasteiger partial charge is 0.257 e. The maximum Gasteiger partial charge on any atom is 0.257 e. The highest BCUT2D eigenvalue weighted by atomic mass is 16.5. The van der Waals surface area contributed by atoms with Crippen LogP contribution in [0, 0.1) is 0 Å². The second-order valence-corrected chi connectivity index (χ2v) is 5.49. The van der Waals surface area contributed by atoms with Gasteiger partial charge in [0.25, 0.3) is 5.91 Å². The van der Waals surface area contributed by atoms with E-state index in [1.165, 1.54) is 0 Å². The molecule has 0 unspecified atom stereocenters. The standard InChI is InChI=1S/C15H22N2O3/c1-4-19-13-11(6-5-7-12(13)16)14(18)17-8-9-20-15(2,3)10-17/h5-7H,4,8-10,16H2,1-3H3. The Hall–Kier alpha value is -1.75. The summed E-state index contributed by atoms with van der Waals surface area (Å²) in [6.07, 6.45) is 0. The molecule has 1 amide bonds.